The van der Waals surface area contributed by atoms with Crippen molar-refractivity contribution in [3.8, 4) is 11.5 Å². The van der Waals surface area contributed by atoms with Gasteiger partial charge in [-0.1, -0.05) is 13.8 Å². The zero-order valence-electron chi connectivity index (χ0n) is 13.2. The average Bonchev–Trinajstić information content (AvgIpc) is 3.09. The van der Waals surface area contributed by atoms with E-state index in [0.717, 1.165) is 12.2 Å². The normalized spacial score (nSPS) is 21.1. The zero-order valence-corrected chi connectivity index (χ0v) is 13.2. The number of furan rings is 1. The molecule has 1 aliphatic heterocycles. The Morgan fingerprint density at radius 1 is 1.50 bits per heavy atom. The molecule has 0 radical (unpaired) electrons. The highest BCUT2D eigenvalue weighted by atomic mass is 16.3. The SMILES string of the molecule is Cc1ccc(-c2cc(C(=O)N3CCC(N)C(C)(C)C3)n[nH]2)o1. The van der Waals surface area contributed by atoms with Gasteiger partial charge in [0.25, 0.3) is 5.91 Å². The lowest BCUT2D eigenvalue weighted by Gasteiger charge is -2.42. The number of H-pyrrole nitrogens is 1. The van der Waals surface area contributed by atoms with Crippen LogP contribution in [0.25, 0.3) is 11.5 Å². The lowest BCUT2D eigenvalue weighted by molar-refractivity contribution is 0.0527. The van der Waals surface area contributed by atoms with Crippen LogP contribution in [0.15, 0.2) is 22.6 Å². The number of nitrogens with one attached hydrogen (secondary N) is 1. The maximum absolute atomic E-state index is 12.6. The number of hydrogen-bond acceptors (Lipinski definition) is 4. The first kappa shape index (κ1) is 14.8. The topological polar surface area (TPSA) is 88.1 Å². The number of carbonyl (C=O) groups is 1. The highest BCUT2D eigenvalue weighted by Gasteiger charge is 2.36. The zero-order chi connectivity index (χ0) is 15.9. The minimum absolute atomic E-state index is 0.0641. The molecule has 2 aromatic heterocycles. The van der Waals surface area contributed by atoms with Crippen molar-refractivity contribution >= 4 is 5.91 Å². The van der Waals surface area contributed by atoms with Gasteiger partial charge in [0.05, 0.1) is 0 Å². The van der Waals surface area contributed by atoms with Crippen LogP contribution in [0.4, 0.5) is 0 Å². The van der Waals surface area contributed by atoms with Crippen LogP contribution in [0, 0.1) is 12.3 Å². The van der Waals surface area contributed by atoms with Crippen molar-refractivity contribution < 1.29 is 9.21 Å². The maximum atomic E-state index is 12.6. The van der Waals surface area contributed by atoms with Crippen LogP contribution in [0.2, 0.25) is 0 Å². The fourth-order valence-corrected chi connectivity index (χ4v) is 2.85. The van der Waals surface area contributed by atoms with E-state index in [0.29, 0.717) is 30.2 Å². The van der Waals surface area contributed by atoms with Gasteiger partial charge in [-0.3, -0.25) is 9.89 Å². The third-order valence-corrected chi connectivity index (χ3v) is 4.40. The second-order valence-corrected chi connectivity index (χ2v) is 6.69. The van der Waals surface area contributed by atoms with Gasteiger partial charge in [-0.15, -0.1) is 0 Å². The summed E-state index contributed by atoms with van der Waals surface area (Å²) in [4.78, 5) is 14.4. The Kier molecular flexibility index (Phi) is 3.56. The highest BCUT2D eigenvalue weighted by molar-refractivity contribution is 5.93. The average molecular weight is 302 g/mol. The fraction of sp³-hybridized carbons (Fsp3) is 0.500. The molecule has 1 unspecified atom stereocenters. The molecular formula is C16H22N4O2. The number of amides is 1. The van der Waals surface area contributed by atoms with Gasteiger partial charge in [0.1, 0.15) is 11.5 Å². The Balaban J connectivity index is 1.77. The van der Waals surface area contributed by atoms with Crippen molar-refractivity contribution in [1.82, 2.24) is 15.1 Å². The van der Waals surface area contributed by atoms with Gasteiger partial charge in [0.15, 0.2) is 11.5 Å². The van der Waals surface area contributed by atoms with Gasteiger partial charge in [-0.2, -0.15) is 5.10 Å². The Morgan fingerprint density at radius 2 is 2.27 bits per heavy atom. The summed E-state index contributed by atoms with van der Waals surface area (Å²) < 4.78 is 5.54. The van der Waals surface area contributed by atoms with E-state index in [1.807, 2.05) is 24.0 Å². The van der Waals surface area contributed by atoms with Crippen LogP contribution in [0.5, 0.6) is 0 Å². The standard InChI is InChI=1S/C16H22N4O2/c1-10-4-5-13(22-10)11-8-12(19-18-11)15(21)20-7-6-14(17)16(2,3)9-20/h4-5,8,14H,6-7,9,17H2,1-3H3,(H,18,19). The number of piperidine rings is 1. The monoisotopic (exact) mass is 302 g/mol. The summed E-state index contributed by atoms with van der Waals surface area (Å²) in [5, 5.41) is 7.01. The smallest absolute Gasteiger partial charge is 0.274 e. The molecule has 0 bridgehead atoms. The minimum Gasteiger partial charge on any atom is -0.460 e. The van der Waals surface area contributed by atoms with Gasteiger partial charge in [-0.05, 0) is 30.9 Å². The van der Waals surface area contributed by atoms with Crippen LogP contribution in [-0.4, -0.2) is 40.1 Å². The van der Waals surface area contributed by atoms with Gasteiger partial charge in [0.2, 0.25) is 0 Å². The van der Waals surface area contributed by atoms with Crippen molar-refractivity contribution in [3.05, 3.63) is 29.7 Å². The molecule has 22 heavy (non-hydrogen) atoms. The molecule has 3 rings (SSSR count). The van der Waals surface area contributed by atoms with Crippen molar-refractivity contribution in [2.75, 3.05) is 13.1 Å². The fourth-order valence-electron chi connectivity index (χ4n) is 2.85. The first-order valence-corrected chi connectivity index (χ1v) is 7.54. The third-order valence-electron chi connectivity index (χ3n) is 4.40. The first-order chi connectivity index (χ1) is 10.4. The van der Waals surface area contributed by atoms with Crippen LogP contribution >= 0.6 is 0 Å². The molecule has 3 heterocycles. The minimum atomic E-state index is -0.0782. The molecule has 3 N–H and O–H groups in total. The van der Waals surface area contributed by atoms with Crippen molar-refractivity contribution in [3.63, 3.8) is 0 Å². The van der Waals surface area contributed by atoms with Crippen LogP contribution in [0.3, 0.4) is 0 Å². The number of aromatic nitrogens is 2. The molecule has 1 aliphatic rings. The van der Waals surface area contributed by atoms with Crippen LogP contribution in [-0.2, 0) is 0 Å². The van der Waals surface area contributed by atoms with Crippen molar-refractivity contribution in [2.45, 2.75) is 33.2 Å². The summed E-state index contributed by atoms with van der Waals surface area (Å²) in [7, 11) is 0. The second-order valence-electron chi connectivity index (χ2n) is 6.69. The predicted molar refractivity (Wildman–Crippen MR) is 83.3 cm³/mol. The number of aryl methyl sites for hydroxylation is 1. The molecule has 1 fully saturated rings. The maximum Gasteiger partial charge on any atom is 0.274 e. The van der Waals surface area contributed by atoms with E-state index in [9.17, 15) is 4.79 Å². The number of aromatic amines is 1. The second kappa shape index (κ2) is 5.28. The highest BCUT2D eigenvalue weighted by Crippen LogP contribution is 2.29. The molecule has 1 saturated heterocycles. The summed E-state index contributed by atoms with van der Waals surface area (Å²) in [6, 6.07) is 5.60. The summed E-state index contributed by atoms with van der Waals surface area (Å²) in [6.07, 6.45) is 0.813. The number of nitrogens with zero attached hydrogens (tertiary/aromatic N) is 2. The molecule has 2 aromatic rings. The Hall–Kier alpha value is -2.08. The molecule has 0 aliphatic carbocycles. The number of likely N-dealkylation sites (tertiary alicyclic amines) is 1. The molecular weight excluding hydrogens is 280 g/mol. The largest absolute Gasteiger partial charge is 0.460 e. The molecule has 1 amide bonds. The quantitative estimate of drug-likeness (QED) is 0.890. The molecule has 118 valence electrons. The van der Waals surface area contributed by atoms with E-state index < -0.39 is 0 Å². The van der Waals surface area contributed by atoms with E-state index in [1.54, 1.807) is 6.07 Å². The molecule has 0 aromatic carbocycles. The van der Waals surface area contributed by atoms with E-state index in [4.69, 9.17) is 10.2 Å². The van der Waals surface area contributed by atoms with E-state index in [2.05, 4.69) is 24.0 Å². The Bertz CT molecular complexity index is 686. The van der Waals surface area contributed by atoms with Crippen LogP contribution in [0.1, 0.15) is 36.5 Å². The molecule has 1 atom stereocenters. The lowest BCUT2D eigenvalue weighted by Crippen LogP contribution is -2.54. The predicted octanol–water partition coefficient (Wildman–Crippen LogP) is 2.18. The molecule has 0 spiro atoms. The van der Waals surface area contributed by atoms with Crippen LogP contribution < -0.4 is 5.73 Å². The van der Waals surface area contributed by atoms with Gasteiger partial charge in [-0.25, -0.2) is 0 Å². The number of nitrogens with two attached hydrogens (primary N) is 1. The van der Waals surface area contributed by atoms with Gasteiger partial charge < -0.3 is 15.1 Å². The lowest BCUT2D eigenvalue weighted by atomic mass is 9.79. The molecule has 6 nitrogen and oxygen atoms in total. The van der Waals surface area contributed by atoms with E-state index >= 15 is 0 Å². The molecule has 0 saturated carbocycles. The Morgan fingerprint density at radius 3 is 2.91 bits per heavy atom. The number of rotatable bonds is 2. The number of hydrogen-bond donors (Lipinski definition) is 2. The first-order valence-electron chi connectivity index (χ1n) is 7.54. The summed E-state index contributed by atoms with van der Waals surface area (Å²) in [6.45, 7) is 7.39. The van der Waals surface area contributed by atoms with Crippen molar-refractivity contribution in [1.29, 1.82) is 0 Å². The summed E-state index contributed by atoms with van der Waals surface area (Å²) >= 11 is 0. The number of carbonyl (C=O) groups excluding carboxylic acids is 1. The Labute approximate surface area is 129 Å². The van der Waals surface area contributed by atoms with E-state index in [-0.39, 0.29) is 17.4 Å². The third kappa shape index (κ3) is 2.66. The van der Waals surface area contributed by atoms with Crippen molar-refractivity contribution in [2.24, 2.45) is 11.1 Å². The van der Waals surface area contributed by atoms with E-state index in [1.165, 1.54) is 0 Å². The molecule has 6 heteroatoms. The summed E-state index contributed by atoms with van der Waals surface area (Å²) in [5.41, 5.74) is 7.17. The van der Waals surface area contributed by atoms with Gasteiger partial charge in [0, 0.05) is 25.2 Å². The van der Waals surface area contributed by atoms with Gasteiger partial charge >= 0.3 is 0 Å². The summed E-state index contributed by atoms with van der Waals surface area (Å²) in [5.74, 6) is 1.44.